The van der Waals surface area contributed by atoms with Crippen LogP contribution in [0.3, 0.4) is 0 Å². The lowest BCUT2D eigenvalue weighted by Gasteiger charge is -2.03. The first-order chi connectivity index (χ1) is 9.24. The third kappa shape index (κ3) is 2.11. The molecule has 3 rings (SSSR count). The molecule has 0 fully saturated rings. The first-order valence-corrected chi connectivity index (χ1v) is 5.62. The lowest BCUT2D eigenvalue weighted by Crippen LogP contribution is -2.11. The molecule has 1 amide bonds. The van der Waals surface area contributed by atoms with E-state index >= 15 is 0 Å². The maximum Gasteiger partial charge on any atom is 0.259 e. The zero-order valence-corrected chi connectivity index (χ0v) is 9.82. The Morgan fingerprint density at radius 2 is 2.00 bits per heavy atom. The van der Waals surface area contributed by atoms with E-state index in [4.69, 9.17) is 0 Å². The highest BCUT2D eigenvalue weighted by Crippen LogP contribution is 2.16. The molecule has 2 aromatic heterocycles. The van der Waals surface area contributed by atoms with Crippen LogP contribution < -0.4 is 5.32 Å². The lowest BCUT2D eigenvalue weighted by molar-refractivity contribution is 0.102. The number of phenolic OH excluding ortho intramolecular Hbond substituents is 1. The van der Waals surface area contributed by atoms with Gasteiger partial charge < -0.3 is 10.4 Å². The van der Waals surface area contributed by atoms with Gasteiger partial charge in [-0.25, -0.2) is 4.52 Å². The van der Waals surface area contributed by atoms with Crippen LogP contribution in [0.2, 0.25) is 0 Å². The molecule has 94 valence electrons. The standard InChI is InChI=1S/C13H10N4O2/c18-10-3-1-9(2-4-10)16-13(19)11-7-15-17-6-5-14-8-12(11)17/h1-8,18H,(H,16,19). The highest BCUT2D eigenvalue weighted by atomic mass is 16.3. The zero-order chi connectivity index (χ0) is 13.2. The smallest absolute Gasteiger partial charge is 0.259 e. The summed E-state index contributed by atoms with van der Waals surface area (Å²) in [4.78, 5) is 16.1. The summed E-state index contributed by atoms with van der Waals surface area (Å²) in [6, 6.07) is 6.26. The zero-order valence-electron chi connectivity index (χ0n) is 9.82. The van der Waals surface area contributed by atoms with Crippen LogP contribution in [0.1, 0.15) is 10.4 Å². The Balaban J connectivity index is 1.90. The van der Waals surface area contributed by atoms with Gasteiger partial charge in [0.15, 0.2) is 0 Å². The van der Waals surface area contributed by atoms with Crippen LogP contribution in [0.4, 0.5) is 5.69 Å². The average molecular weight is 254 g/mol. The number of hydrogen-bond acceptors (Lipinski definition) is 4. The van der Waals surface area contributed by atoms with Crippen LogP contribution in [0.5, 0.6) is 5.75 Å². The van der Waals surface area contributed by atoms with E-state index < -0.39 is 0 Å². The van der Waals surface area contributed by atoms with Gasteiger partial charge in [0.1, 0.15) is 5.75 Å². The number of nitrogens with one attached hydrogen (secondary N) is 1. The molecule has 0 radical (unpaired) electrons. The second-order valence-corrected chi connectivity index (χ2v) is 3.97. The van der Waals surface area contributed by atoms with Crippen LogP contribution in [-0.4, -0.2) is 25.6 Å². The molecule has 0 saturated carbocycles. The Bertz CT molecular complexity index is 734. The van der Waals surface area contributed by atoms with E-state index in [9.17, 15) is 9.90 Å². The van der Waals surface area contributed by atoms with Crippen molar-refractivity contribution in [1.82, 2.24) is 14.6 Å². The van der Waals surface area contributed by atoms with Gasteiger partial charge in [-0.3, -0.25) is 9.78 Å². The summed E-state index contributed by atoms with van der Waals surface area (Å²) >= 11 is 0. The predicted molar refractivity (Wildman–Crippen MR) is 69.0 cm³/mol. The molecular weight excluding hydrogens is 244 g/mol. The van der Waals surface area contributed by atoms with E-state index in [1.54, 1.807) is 35.2 Å². The van der Waals surface area contributed by atoms with Crippen molar-refractivity contribution in [2.45, 2.75) is 0 Å². The van der Waals surface area contributed by atoms with E-state index in [1.807, 2.05) is 0 Å². The molecule has 19 heavy (non-hydrogen) atoms. The van der Waals surface area contributed by atoms with Crippen molar-refractivity contribution in [2.75, 3.05) is 5.32 Å². The number of carbonyl (C=O) groups is 1. The van der Waals surface area contributed by atoms with Crippen molar-refractivity contribution in [1.29, 1.82) is 0 Å². The normalized spacial score (nSPS) is 10.5. The summed E-state index contributed by atoms with van der Waals surface area (Å²) < 4.78 is 1.58. The second-order valence-electron chi connectivity index (χ2n) is 3.97. The Labute approximate surface area is 108 Å². The van der Waals surface area contributed by atoms with E-state index in [0.29, 0.717) is 16.8 Å². The highest BCUT2D eigenvalue weighted by Gasteiger charge is 2.12. The molecule has 2 heterocycles. The summed E-state index contributed by atoms with van der Waals surface area (Å²) in [5, 5.41) is 16.0. The van der Waals surface area contributed by atoms with Crippen LogP contribution in [0, 0.1) is 0 Å². The van der Waals surface area contributed by atoms with Crippen molar-refractivity contribution < 1.29 is 9.90 Å². The monoisotopic (exact) mass is 254 g/mol. The Hall–Kier alpha value is -2.89. The van der Waals surface area contributed by atoms with Crippen LogP contribution in [-0.2, 0) is 0 Å². The molecule has 0 aliphatic rings. The summed E-state index contributed by atoms with van der Waals surface area (Å²) in [5.41, 5.74) is 1.69. The van der Waals surface area contributed by atoms with Gasteiger partial charge in [-0.1, -0.05) is 0 Å². The predicted octanol–water partition coefficient (Wildman–Crippen LogP) is 1.69. The maximum absolute atomic E-state index is 12.1. The number of benzene rings is 1. The Morgan fingerprint density at radius 3 is 2.79 bits per heavy atom. The van der Waals surface area contributed by atoms with Crippen molar-refractivity contribution in [3.8, 4) is 5.75 Å². The summed E-state index contributed by atoms with van der Waals surface area (Å²) in [7, 11) is 0. The van der Waals surface area contributed by atoms with Gasteiger partial charge in [0.2, 0.25) is 0 Å². The average Bonchev–Trinajstić information content (AvgIpc) is 2.85. The Morgan fingerprint density at radius 1 is 1.21 bits per heavy atom. The summed E-state index contributed by atoms with van der Waals surface area (Å²) in [6.07, 6.45) is 6.35. The summed E-state index contributed by atoms with van der Waals surface area (Å²) in [6.45, 7) is 0. The molecule has 0 spiro atoms. The Kier molecular flexibility index (Phi) is 2.60. The fourth-order valence-corrected chi connectivity index (χ4v) is 1.75. The largest absolute Gasteiger partial charge is 0.508 e. The minimum absolute atomic E-state index is 0.151. The van der Waals surface area contributed by atoms with Crippen LogP contribution >= 0.6 is 0 Å². The van der Waals surface area contributed by atoms with E-state index in [2.05, 4.69) is 15.4 Å². The molecule has 0 aliphatic carbocycles. The van der Waals surface area contributed by atoms with Gasteiger partial charge in [0, 0.05) is 18.1 Å². The SMILES string of the molecule is O=C(Nc1ccc(O)cc1)c1cnn2ccncc12. The molecular formula is C13H10N4O2. The lowest BCUT2D eigenvalue weighted by atomic mass is 10.2. The molecule has 6 heteroatoms. The van der Waals surface area contributed by atoms with Crippen molar-refractivity contribution >= 4 is 17.1 Å². The molecule has 0 atom stereocenters. The number of carbonyl (C=O) groups excluding carboxylic acids is 1. The minimum Gasteiger partial charge on any atom is -0.508 e. The fourth-order valence-electron chi connectivity index (χ4n) is 1.75. The third-order valence-electron chi connectivity index (χ3n) is 2.69. The van der Waals surface area contributed by atoms with Gasteiger partial charge in [0.05, 0.1) is 23.5 Å². The van der Waals surface area contributed by atoms with Gasteiger partial charge >= 0.3 is 0 Å². The number of anilines is 1. The molecule has 0 aliphatic heterocycles. The molecule has 0 unspecified atom stereocenters. The number of rotatable bonds is 2. The van der Waals surface area contributed by atoms with Crippen LogP contribution in [0.15, 0.2) is 49.1 Å². The van der Waals surface area contributed by atoms with E-state index in [-0.39, 0.29) is 11.7 Å². The molecule has 6 nitrogen and oxygen atoms in total. The highest BCUT2D eigenvalue weighted by molar-refractivity contribution is 6.08. The summed E-state index contributed by atoms with van der Waals surface area (Å²) in [5.74, 6) is -0.119. The molecule has 2 N–H and O–H groups in total. The first-order valence-electron chi connectivity index (χ1n) is 5.62. The van der Waals surface area contributed by atoms with Gasteiger partial charge in [-0.2, -0.15) is 5.10 Å². The quantitative estimate of drug-likeness (QED) is 0.682. The molecule has 3 aromatic rings. The van der Waals surface area contributed by atoms with E-state index in [1.165, 1.54) is 18.3 Å². The van der Waals surface area contributed by atoms with Crippen molar-refractivity contribution in [3.05, 3.63) is 54.6 Å². The van der Waals surface area contributed by atoms with Crippen molar-refractivity contribution in [3.63, 3.8) is 0 Å². The first kappa shape index (κ1) is 11.2. The second kappa shape index (κ2) is 4.41. The topological polar surface area (TPSA) is 79.5 Å². The number of hydrogen-bond donors (Lipinski definition) is 2. The maximum atomic E-state index is 12.1. The number of aromatic hydroxyl groups is 1. The number of nitrogens with zero attached hydrogens (tertiary/aromatic N) is 3. The number of amides is 1. The van der Waals surface area contributed by atoms with Gasteiger partial charge in [-0.05, 0) is 24.3 Å². The van der Waals surface area contributed by atoms with Gasteiger partial charge in [-0.15, -0.1) is 0 Å². The van der Waals surface area contributed by atoms with Gasteiger partial charge in [0.25, 0.3) is 5.91 Å². The number of aromatic nitrogens is 3. The molecule has 0 saturated heterocycles. The van der Waals surface area contributed by atoms with E-state index in [0.717, 1.165) is 0 Å². The fraction of sp³-hybridized carbons (Fsp3) is 0. The molecule has 1 aromatic carbocycles. The molecule has 0 bridgehead atoms. The van der Waals surface area contributed by atoms with Crippen LogP contribution in [0.25, 0.3) is 5.52 Å². The van der Waals surface area contributed by atoms with Crippen molar-refractivity contribution in [2.24, 2.45) is 0 Å². The number of phenols is 1. The number of fused-ring (bicyclic) bond motifs is 1. The minimum atomic E-state index is -0.270. The third-order valence-corrected chi connectivity index (χ3v) is 2.69.